The van der Waals surface area contributed by atoms with Crippen LogP contribution in [0.25, 0.3) is 55.7 Å². The summed E-state index contributed by atoms with van der Waals surface area (Å²) in [7, 11) is 3.71. The van der Waals surface area contributed by atoms with Crippen LogP contribution in [0.15, 0.2) is 48.7 Å². The van der Waals surface area contributed by atoms with E-state index in [9.17, 15) is 9.90 Å². The number of aromatic nitrogens is 6. The van der Waals surface area contributed by atoms with Gasteiger partial charge >= 0.3 is 5.97 Å². The van der Waals surface area contributed by atoms with E-state index in [1.807, 2.05) is 75.7 Å². The van der Waals surface area contributed by atoms with E-state index in [1.54, 1.807) is 25.0 Å². The first-order chi connectivity index (χ1) is 22.8. The Morgan fingerprint density at radius 1 is 1.04 bits per heavy atom. The third-order valence-electron chi connectivity index (χ3n) is 8.90. The number of carboxylic acid groups (broad SMARTS) is 1. The molecule has 48 heavy (non-hydrogen) atoms. The molecule has 1 aliphatic rings. The summed E-state index contributed by atoms with van der Waals surface area (Å²) < 4.78 is 29.7. The van der Waals surface area contributed by atoms with Gasteiger partial charge in [0.05, 0.1) is 23.6 Å². The summed E-state index contributed by atoms with van der Waals surface area (Å²) in [6.45, 7) is 9.63. The summed E-state index contributed by atoms with van der Waals surface area (Å²) in [5.74, 6) is -1.35. The van der Waals surface area contributed by atoms with E-state index < -0.39 is 23.5 Å². The number of benzene rings is 2. The first kappa shape index (κ1) is 31.4. The van der Waals surface area contributed by atoms with Crippen molar-refractivity contribution < 1.29 is 23.8 Å². The molecular formula is C37H37FN6O4. The minimum atomic E-state index is -1.35. The third-order valence-corrected chi connectivity index (χ3v) is 8.90. The highest BCUT2D eigenvalue weighted by Crippen LogP contribution is 2.45. The topological polar surface area (TPSA) is 117 Å². The lowest BCUT2D eigenvalue weighted by Gasteiger charge is -2.29. The molecule has 0 amide bonds. The molecule has 0 saturated heterocycles. The minimum Gasteiger partial charge on any atom is -0.490 e. The number of pyridine rings is 2. The number of ether oxygens (including phenoxy) is 2. The maximum absolute atomic E-state index is 15.8. The van der Waals surface area contributed by atoms with Crippen LogP contribution in [0.4, 0.5) is 4.39 Å². The van der Waals surface area contributed by atoms with E-state index in [0.29, 0.717) is 46.4 Å². The first-order valence-electron chi connectivity index (χ1n) is 15.9. The molecule has 1 N–H and O–H groups in total. The molecule has 6 aromatic rings. The van der Waals surface area contributed by atoms with Gasteiger partial charge < -0.3 is 19.1 Å². The fourth-order valence-corrected chi connectivity index (χ4v) is 6.78. The zero-order valence-electron chi connectivity index (χ0n) is 28.1. The van der Waals surface area contributed by atoms with E-state index in [2.05, 4.69) is 15.2 Å². The monoisotopic (exact) mass is 648 g/mol. The molecule has 0 aliphatic carbocycles. The summed E-state index contributed by atoms with van der Waals surface area (Å²) in [5, 5.41) is 20.1. The van der Waals surface area contributed by atoms with E-state index >= 15 is 4.39 Å². The van der Waals surface area contributed by atoms with E-state index in [0.717, 1.165) is 51.1 Å². The van der Waals surface area contributed by atoms with Crippen LogP contribution in [0, 0.1) is 19.7 Å². The second kappa shape index (κ2) is 11.5. The quantitative estimate of drug-likeness (QED) is 0.200. The van der Waals surface area contributed by atoms with Crippen LogP contribution >= 0.6 is 0 Å². The molecule has 246 valence electrons. The average Bonchev–Trinajstić information content (AvgIpc) is 3.58. The number of hydrogen-bond acceptors (Lipinski definition) is 7. The molecule has 5 heterocycles. The second-order valence-corrected chi connectivity index (χ2v) is 13.4. The van der Waals surface area contributed by atoms with Crippen molar-refractivity contribution in [2.45, 2.75) is 59.2 Å². The zero-order chi connectivity index (χ0) is 34.1. The number of aliphatic carboxylic acids is 1. The number of carboxylic acids is 1. The van der Waals surface area contributed by atoms with Crippen LogP contribution in [0.1, 0.15) is 55.7 Å². The van der Waals surface area contributed by atoms with Crippen LogP contribution in [0.3, 0.4) is 0 Å². The SMILES string of the molecule is Cc1nc2c(cc(-c3ccnc(-c4ccc5nn(C)nc5c4)c3)n2C)c(-c2cc(F)c3c(c2C)CCCO3)c1[C@H](OC(C)(C)C)C(=O)O. The Morgan fingerprint density at radius 2 is 1.81 bits per heavy atom. The van der Waals surface area contributed by atoms with Crippen LogP contribution in [0.2, 0.25) is 0 Å². The lowest BCUT2D eigenvalue weighted by Crippen LogP contribution is -2.28. The van der Waals surface area contributed by atoms with Crippen LogP contribution in [-0.2, 0) is 30.0 Å². The Kier molecular flexibility index (Phi) is 7.54. The lowest BCUT2D eigenvalue weighted by atomic mass is 9.86. The molecular weight excluding hydrogens is 611 g/mol. The summed E-state index contributed by atoms with van der Waals surface area (Å²) >= 11 is 0. The summed E-state index contributed by atoms with van der Waals surface area (Å²) in [6, 6.07) is 13.2. The van der Waals surface area contributed by atoms with Crippen molar-refractivity contribution in [3.8, 4) is 39.4 Å². The Hall–Kier alpha value is -5.16. The van der Waals surface area contributed by atoms with Crippen molar-refractivity contribution in [3.63, 3.8) is 0 Å². The van der Waals surface area contributed by atoms with Gasteiger partial charge in [-0.3, -0.25) is 4.98 Å². The second-order valence-electron chi connectivity index (χ2n) is 13.4. The highest BCUT2D eigenvalue weighted by Gasteiger charge is 2.34. The number of halogens is 1. The lowest BCUT2D eigenvalue weighted by molar-refractivity contribution is -0.160. The Bertz CT molecular complexity index is 2260. The van der Waals surface area contributed by atoms with Gasteiger partial charge in [-0.1, -0.05) is 6.07 Å². The fourth-order valence-electron chi connectivity index (χ4n) is 6.78. The number of hydrogen-bond donors (Lipinski definition) is 1. The third kappa shape index (κ3) is 5.37. The van der Waals surface area contributed by atoms with Gasteiger partial charge in [0.15, 0.2) is 17.7 Å². The van der Waals surface area contributed by atoms with E-state index in [-0.39, 0.29) is 5.75 Å². The molecule has 4 aromatic heterocycles. The van der Waals surface area contributed by atoms with Crippen LogP contribution < -0.4 is 4.74 Å². The number of carbonyl (C=O) groups is 1. The number of rotatable bonds is 6. The molecule has 11 heteroatoms. The molecule has 7 rings (SSSR count). The van der Waals surface area contributed by atoms with Crippen molar-refractivity contribution in [2.75, 3.05) is 6.61 Å². The Balaban J connectivity index is 1.48. The maximum Gasteiger partial charge on any atom is 0.337 e. The predicted molar refractivity (Wildman–Crippen MR) is 181 cm³/mol. The molecule has 0 fully saturated rings. The van der Waals surface area contributed by atoms with Crippen molar-refractivity contribution in [1.29, 1.82) is 0 Å². The molecule has 10 nitrogen and oxygen atoms in total. The number of nitrogens with zero attached hydrogens (tertiary/aromatic N) is 6. The van der Waals surface area contributed by atoms with Crippen molar-refractivity contribution in [3.05, 3.63) is 76.9 Å². The standard InChI is InChI=1S/C37H37FN6O4/c1-19-23-9-8-14-47-33(23)26(38)17-24(19)32-25-18-30(43(6)35(25)40-20(2)31(32)34(36(45)46)48-37(3,4)5)22-12-13-39-28(16-22)21-10-11-27-29(15-21)42-44(7)41-27/h10-13,15-18,34H,8-9,14H2,1-7H3,(H,45,46)/t34-/m0/s1. The smallest absolute Gasteiger partial charge is 0.337 e. The Morgan fingerprint density at radius 3 is 2.56 bits per heavy atom. The highest BCUT2D eigenvalue weighted by atomic mass is 19.1. The van der Waals surface area contributed by atoms with Crippen molar-refractivity contribution in [1.82, 2.24) is 29.5 Å². The molecule has 0 spiro atoms. The molecule has 0 radical (unpaired) electrons. The van der Waals surface area contributed by atoms with Gasteiger partial charge in [0.2, 0.25) is 0 Å². The number of fused-ring (bicyclic) bond motifs is 3. The van der Waals surface area contributed by atoms with Crippen molar-refractivity contribution in [2.24, 2.45) is 14.1 Å². The Labute approximate surface area is 277 Å². The fraction of sp³-hybridized carbons (Fsp3) is 0.324. The average molecular weight is 649 g/mol. The molecule has 1 atom stereocenters. The molecule has 0 bridgehead atoms. The summed E-state index contributed by atoms with van der Waals surface area (Å²) in [5.41, 5.74) is 8.49. The largest absolute Gasteiger partial charge is 0.490 e. The van der Waals surface area contributed by atoms with Gasteiger partial charge in [-0.2, -0.15) is 15.0 Å². The number of aryl methyl sites for hydroxylation is 3. The highest BCUT2D eigenvalue weighted by molar-refractivity contribution is 6.01. The minimum absolute atomic E-state index is 0.268. The van der Waals surface area contributed by atoms with Gasteiger partial charge in [-0.15, -0.1) is 0 Å². The maximum atomic E-state index is 15.8. The van der Waals surface area contributed by atoms with Gasteiger partial charge in [-0.25, -0.2) is 14.2 Å². The van der Waals surface area contributed by atoms with Gasteiger partial charge in [-0.05, 0) is 95.0 Å². The summed E-state index contributed by atoms with van der Waals surface area (Å²) in [6.07, 6.45) is 1.84. The van der Waals surface area contributed by atoms with E-state index in [4.69, 9.17) is 14.5 Å². The molecule has 0 saturated carbocycles. The molecule has 1 aliphatic heterocycles. The van der Waals surface area contributed by atoms with Crippen molar-refractivity contribution >= 4 is 28.0 Å². The normalized spacial score (nSPS) is 13.9. The van der Waals surface area contributed by atoms with Crippen LogP contribution in [-0.4, -0.2) is 52.8 Å². The molecule has 2 aromatic carbocycles. The van der Waals surface area contributed by atoms with E-state index in [1.165, 1.54) is 6.07 Å². The first-order valence-corrected chi connectivity index (χ1v) is 15.9. The molecule has 0 unspecified atom stereocenters. The van der Waals surface area contributed by atoms with Gasteiger partial charge in [0, 0.05) is 59.2 Å². The summed E-state index contributed by atoms with van der Waals surface area (Å²) in [4.78, 5) is 24.1. The van der Waals surface area contributed by atoms with Gasteiger partial charge in [0.25, 0.3) is 0 Å². The van der Waals surface area contributed by atoms with Crippen LogP contribution in [0.5, 0.6) is 5.75 Å². The van der Waals surface area contributed by atoms with Gasteiger partial charge in [0.1, 0.15) is 16.7 Å². The zero-order valence-corrected chi connectivity index (χ0v) is 28.1. The predicted octanol–water partition coefficient (Wildman–Crippen LogP) is 7.27.